The summed E-state index contributed by atoms with van der Waals surface area (Å²) in [5, 5.41) is 14.5. The fraction of sp³-hybridized carbons (Fsp3) is 0.385. The number of nitrogens with two attached hydrogens (primary N) is 1. The van der Waals surface area contributed by atoms with Gasteiger partial charge in [0.05, 0.1) is 0 Å². The standard InChI is InChI=1S/C13H18FN3O2/c1-3-13(4-2,12(15)17-19)16-11(18)9-6-5-7-10(14)8-9/h5-8,19H,3-4H2,1-2H3,(H2,15,17)(H,16,18). The van der Waals surface area contributed by atoms with Crippen molar-refractivity contribution in [3.05, 3.63) is 35.6 Å². The summed E-state index contributed by atoms with van der Waals surface area (Å²) < 4.78 is 13.1. The topological polar surface area (TPSA) is 87.7 Å². The van der Waals surface area contributed by atoms with Crippen LogP contribution >= 0.6 is 0 Å². The first kappa shape index (κ1) is 14.9. The van der Waals surface area contributed by atoms with Gasteiger partial charge in [0.2, 0.25) is 0 Å². The van der Waals surface area contributed by atoms with Crippen LogP contribution in [0.2, 0.25) is 0 Å². The minimum atomic E-state index is -0.932. The van der Waals surface area contributed by atoms with Crippen LogP contribution in [0, 0.1) is 5.82 Å². The van der Waals surface area contributed by atoms with E-state index in [9.17, 15) is 9.18 Å². The number of nitrogens with one attached hydrogen (secondary N) is 1. The van der Waals surface area contributed by atoms with Crippen molar-refractivity contribution < 1.29 is 14.4 Å². The molecule has 1 aromatic carbocycles. The summed E-state index contributed by atoms with van der Waals surface area (Å²) in [5.74, 6) is -1.02. The van der Waals surface area contributed by atoms with Crippen LogP contribution in [0.15, 0.2) is 29.4 Å². The highest BCUT2D eigenvalue weighted by molar-refractivity contribution is 6.00. The highest BCUT2D eigenvalue weighted by Crippen LogP contribution is 2.17. The molecular formula is C13H18FN3O2. The van der Waals surface area contributed by atoms with Gasteiger partial charge in [-0.15, -0.1) is 0 Å². The Bertz CT molecular complexity index is 485. The molecule has 0 aromatic heterocycles. The van der Waals surface area contributed by atoms with E-state index in [0.29, 0.717) is 12.8 Å². The zero-order valence-electron chi connectivity index (χ0n) is 11.0. The van der Waals surface area contributed by atoms with Gasteiger partial charge in [0.25, 0.3) is 5.91 Å². The first-order valence-corrected chi connectivity index (χ1v) is 6.05. The van der Waals surface area contributed by atoms with Gasteiger partial charge >= 0.3 is 0 Å². The Kier molecular flexibility index (Phi) is 4.86. The lowest BCUT2D eigenvalue weighted by atomic mass is 9.91. The third-order valence-corrected chi connectivity index (χ3v) is 3.24. The minimum Gasteiger partial charge on any atom is -0.409 e. The lowest BCUT2D eigenvalue weighted by Crippen LogP contribution is -2.56. The van der Waals surface area contributed by atoms with E-state index in [0.717, 1.165) is 6.07 Å². The van der Waals surface area contributed by atoms with Crippen LogP contribution in [-0.4, -0.2) is 22.5 Å². The number of rotatable bonds is 5. The monoisotopic (exact) mass is 267 g/mol. The zero-order chi connectivity index (χ0) is 14.5. The average Bonchev–Trinajstić information content (AvgIpc) is 2.43. The molecule has 1 amide bonds. The van der Waals surface area contributed by atoms with Crippen LogP contribution < -0.4 is 11.1 Å². The van der Waals surface area contributed by atoms with Crippen LogP contribution in [0.25, 0.3) is 0 Å². The van der Waals surface area contributed by atoms with Crippen LogP contribution in [0.4, 0.5) is 4.39 Å². The van der Waals surface area contributed by atoms with E-state index in [1.54, 1.807) is 0 Å². The minimum absolute atomic E-state index is 0.0674. The van der Waals surface area contributed by atoms with Crippen molar-refractivity contribution in [1.29, 1.82) is 0 Å². The maximum atomic E-state index is 13.1. The fourth-order valence-electron chi connectivity index (χ4n) is 1.87. The average molecular weight is 267 g/mol. The van der Waals surface area contributed by atoms with Crippen molar-refractivity contribution in [1.82, 2.24) is 5.32 Å². The summed E-state index contributed by atoms with van der Waals surface area (Å²) in [7, 11) is 0. The maximum Gasteiger partial charge on any atom is 0.252 e. The third kappa shape index (κ3) is 3.21. The number of amidine groups is 1. The van der Waals surface area contributed by atoms with Gasteiger partial charge in [-0.05, 0) is 31.0 Å². The number of hydrogen-bond donors (Lipinski definition) is 3. The second-order valence-corrected chi connectivity index (χ2v) is 4.24. The van der Waals surface area contributed by atoms with E-state index >= 15 is 0 Å². The second kappa shape index (κ2) is 6.17. The predicted octanol–water partition coefficient (Wildman–Crippen LogP) is 1.86. The van der Waals surface area contributed by atoms with Crippen LogP contribution in [0.5, 0.6) is 0 Å². The van der Waals surface area contributed by atoms with Crippen molar-refractivity contribution in [2.24, 2.45) is 10.9 Å². The number of carbonyl (C=O) groups excluding carboxylic acids is 1. The molecule has 6 heteroatoms. The Morgan fingerprint density at radius 2 is 2.11 bits per heavy atom. The van der Waals surface area contributed by atoms with Gasteiger partial charge in [-0.1, -0.05) is 25.1 Å². The number of benzene rings is 1. The number of halogens is 1. The summed E-state index contributed by atoms with van der Waals surface area (Å²) >= 11 is 0. The SMILES string of the molecule is CCC(CC)(NC(=O)c1cccc(F)c1)/C(N)=N/O. The Hall–Kier alpha value is -2.11. The molecule has 0 fully saturated rings. The van der Waals surface area contributed by atoms with E-state index < -0.39 is 17.3 Å². The Morgan fingerprint density at radius 1 is 1.47 bits per heavy atom. The van der Waals surface area contributed by atoms with Crippen molar-refractivity contribution in [3.8, 4) is 0 Å². The quantitative estimate of drug-likeness (QED) is 0.329. The molecule has 4 N–H and O–H groups in total. The molecule has 5 nitrogen and oxygen atoms in total. The molecule has 0 radical (unpaired) electrons. The number of oxime groups is 1. The van der Waals surface area contributed by atoms with Crippen molar-refractivity contribution >= 4 is 11.7 Å². The summed E-state index contributed by atoms with van der Waals surface area (Å²) in [6.07, 6.45) is 0.918. The smallest absolute Gasteiger partial charge is 0.252 e. The van der Waals surface area contributed by atoms with Crippen molar-refractivity contribution in [2.45, 2.75) is 32.2 Å². The molecule has 1 aromatic rings. The van der Waals surface area contributed by atoms with Crippen LogP contribution in [0.1, 0.15) is 37.0 Å². The first-order chi connectivity index (χ1) is 8.99. The van der Waals surface area contributed by atoms with E-state index in [2.05, 4.69) is 10.5 Å². The van der Waals surface area contributed by atoms with Gasteiger partial charge < -0.3 is 16.3 Å². The van der Waals surface area contributed by atoms with Gasteiger partial charge in [-0.25, -0.2) is 4.39 Å². The van der Waals surface area contributed by atoms with E-state index in [-0.39, 0.29) is 11.4 Å². The highest BCUT2D eigenvalue weighted by Gasteiger charge is 2.33. The molecule has 0 atom stereocenters. The molecule has 0 spiro atoms. The molecule has 104 valence electrons. The molecular weight excluding hydrogens is 249 g/mol. The summed E-state index contributed by atoms with van der Waals surface area (Å²) in [5.41, 5.74) is 4.90. The van der Waals surface area contributed by atoms with Crippen molar-refractivity contribution in [3.63, 3.8) is 0 Å². The molecule has 0 aliphatic carbocycles. The zero-order valence-corrected chi connectivity index (χ0v) is 11.0. The van der Waals surface area contributed by atoms with Gasteiger partial charge in [0, 0.05) is 5.56 Å². The van der Waals surface area contributed by atoms with Crippen LogP contribution in [-0.2, 0) is 0 Å². The predicted molar refractivity (Wildman–Crippen MR) is 70.6 cm³/mol. The number of hydrogen-bond acceptors (Lipinski definition) is 3. The van der Waals surface area contributed by atoms with Crippen molar-refractivity contribution in [2.75, 3.05) is 0 Å². The molecule has 0 saturated carbocycles. The summed E-state index contributed by atoms with van der Waals surface area (Å²) in [4.78, 5) is 12.1. The third-order valence-electron chi connectivity index (χ3n) is 3.24. The number of carbonyl (C=O) groups is 1. The highest BCUT2D eigenvalue weighted by atomic mass is 19.1. The van der Waals surface area contributed by atoms with E-state index in [1.165, 1.54) is 18.2 Å². The molecule has 0 aliphatic heterocycles. The van der Waals surface area contributed by atoms with Gasteiger partial charge in [-0.2, -0.15) is 0 Å². The first-order valence-electron chi connectivity index (χ1n) is 6.05. The molecule has 0 aliphatic rings. The second-order valence-electron chi connectivity index (χ2n) is 4.24. The molecule has 1 rings (SSSR count). The normalized spacial score (nSPS) is 12.3. The molecule has 0 heterocycles. The largest absolute Gasteiger partial charge is 0.409 e. The van der Waals surface area contributed by atoms with Gasteiger partial charge in [0.15, 0.2) is 5.84 Å². The Balaban J connectivity index is 3.01. The molecule has 19 heavy (non-hydrogen) atoms. The maximum absolute atomic E-state index is 13.1. The number of amides is 1. The number of nitrogens with zero attached hydrogens (tertiary/aromatic N) is 1. The Labute approximate surface area is 111 Å². The Morgan fingerprint density at radius 3 is 2.58 bits per heavy atom. The fourth-order valence-corrected chi connectivity index (χ4v) is 1.87. The molecule has 0 unspecified atom stereocenters. The summed E-state index contributed by atoms with van der Waals surface area (Å²) in [6.45, 7) is 3.63. The molecule has 0 saturated heterocycles. The van der Waals surface area contributed by atoms with E-state index in [1.807, 2.05) is 13.8 Å². The van der Waals surface area contributed by atoms with Gasteiger partial charge in [-0.3, -0.25) is 4.79 Å². The van der Waals surface area contributed by atoms with E-state index in [4.69, 9.17) is 10.9 Å². The lowest BCUT2D eigenvalue weighted by Gasteiger charge is -2.31. The summed E-state index contributed by atoms with van der Waals surface area (Å²) in [6, 6.07) is 5.35. The van der Waals surface area contributed by atoms with Crippen LogP contribution in [0.3, 0.4) is 0 Å². The molecule has 0 bridgehead atoms. The lowest BCUT2D eigenvalue weighted by molar-refractivity contribution is 0.0917. The van der Waals surface area contributed by atoms with Gasteiger partial charge in [0.1, 0.15) is 11.4 Å².